The molecule has 0 radical (unpaired) electrons. The Kier molecular flexibility index (Phi) is 8.11. The SMILES string of the molecule is O=C(NCCNC(=O)c1cn(Cc2ccccn2)nc1C(F)(F)F)c1ccc(OCC(F)(F)F)nc1. The second-order valence-electron chi connectivity index (χ2n) is 7.21. The quantitative estimate of drug-likeness (QED) is 0.334. The molecule has 0 unspecified atom stereocenters. The maximum absolute atomic E-state index is 13.4. The topological polar surface area (TPSA) is 111 Å². The first-order valence-electron chi connectivity index (χ1n) is 10.2. The highest BCUT2D eigenvalue weighted by molar-refractivity contribution is 5.95. The van der Waals surface area contributed by atoms with Gasteiger partial charge >= 0.3 is 12.4 Å². The van der Waals surface area contributed by atoms with Crippen molar-refractivity contribution in [3.05, 3.63) is 71.4 Å². The molecule has 2 N–H and O–H groups in total. The molecule has 3 rings (SSSR count). The Bertz CT molecular complexity index is 1180. The number of alkyl halides is 6. The molecule has 0 fully saturated rings. The van der Waals surface area contributed by atoms with Crippen LogP contribution >= 0.6 is 0 Å². The van der Waals surface area contributed by atoms with Crippen molar-refractivity contribution in [1.29, 1.82) is 0 Å². The second-order valence-corrected chi connectivity index (χ2v) is 7.21. The van der Waals surface area contributed by atoms with Crippen LogP contribution in [0, 0.1) is 0 Å². The average Bonchev–Trinajstić information content (AvgIpc) is 3.25. The zero-order valence-corrected chi connectivity index (χ0v) is 18.2. The zero-order valence-electron chi connectivity index (χ0n) is 18.2. The summed E-state index contributed by atoms with van der Waals surface area (Å²) in [6.45, 7) is -1.99. The zero-order chi connectivity index (χ0) is 26.3. The van der Waals surface area contributed by atoms with E-state index in [2.05, 4.69) is 30.4 Å². The van der Waals surface area contributed by atoms with E-state index >= 15 is 0 Å². The summed E-state index contributed by atoms with van der Waals surface area (Å²) < 4.78 is 82.0. The Morgan fingerprint density at radius 2 is 1.67 bits per heavy atom. The van der Waals surface area contributed by atoms with E-state index in [1.165, 1.54) is 12.3 Å². The molecule has 15 heteroatoms. The van der Waals surface area contributed by atoms with Crippen molar-refractivity contribution in [2.45, 2.75) is 18.9 Å². The molecule has 9 nitrogen and oxygen atoms in total. The summed E-state index contributed by atoms with van der Waals surface area (Å²) in [5, 5.41) is 8.14. The summed E-state index contributed by atoms with van der Waals surface area (Å²) >= 11 is 0. The van der Waals surface area contributed by atoms with Gasteiger partial charge in [-0.2, -0.15) is 31.4 Å². The van der Waals surface area contributed by atoms with Gasteiger partial charge < -0.3 is 15.4 Å². The lowest BCUT2D eigenvalue weighted by atomic mass is 10.2. The third kappa shape index (κ3) is 7.68. The first kappa shape index (κ1) is 26.4. The molecule has 0 atom stereocenters. The van der Waals surface area contributed by atoms with Crippen LogP contribution in [0.5, 0.6) is 5.88 Å². The molecule has 0 aliphatic rings. The van der Waals surface area contributed by atoms with E-state index in [4.69, 9.17) is 0 Å². The van der Waals surface area contributed by atoms with Crippen LogP contribution in [0.1, 0.15) is 32.1 Å². The number of nitrogens with one attached hydrogen (secondary N) is 2. The smallest absolute Gasteiger partial charge is 0.435 e. The van der Waals surface area contributed by atoms with Crippen LogP contribution in [0.3, 0.4) is 0 Å². The molecule has 0 bridgehead atoms. The monoisotopic (exact) mass is 516 g/mol. The van der Waals surface area contributed by atoms with Gasteiger partial charge in [-0.25, -0.2) is 4.98 Å². The molecule has 0 spiro atoms. The number of rotatable bonds is 9. The number of amides is 2. The van der Waals surface area contributed by atoms with Crippen molar-refractivity contribution < 1.29 is 40.7 Å². The first-order valence-corrected chi connectivity index (χ1v) is 10.2. The van der Waals surface area contributed by atoms with E-state index in [0.717, 1.165) is 23.1 Å². The Morgan fingerprint density at radius 3 is 2.25 bits per heavy atom. The predicted octanol–water partition coefficient (Wildman–Crippen LogP) is 2.84. The highest BCUT2D eigenvalue weighted by atomic mass is 19.4. The number of halogens is 6. The van der Waals surface area contributed by atoms with E-state index in [9.17, 15) is 35.9 Å². The van der Waals surface area contributed by atoms with Gasteiger partial charge in [-0.15, -0.1) is 0 Å². The number of ether oxygens (including phenoxy) is 1. The number of hydrogen-bond donors (Lipinski definition) is 2. The van der Waals surface area contributed by atoms with Crippen LogP contribution in [-0.2, 0) is 12.7 Å². The van der Waals surface area contributed by atoms with Gasteiger partial charge in [0.1, 0.15) is 0 Å². The Balaban J connectivity index is 1.53. The van der Waals surface area contributed by atoms with Crippen LogP contribution in [0.25, 0.3) is 0 Å². The van der Waals surface area contributed by atoms with Gasteiger partial charge in [0.15, 0.2) is 12.3 Å². The van der Waals surface area contributed by atoms with E-state index in [-0.39, 0.29) is 31.1 Å². The molecule has 0 aliphatic carbocycles. The molecule has 0 aliphatic heterocycles. The van der Waals surface area contributed by atoms with Crippen molar-refractivity contribution in [2.24, 2.45) is 0 Å². The fourth-order valence-electron chi connectivity index (χ4n) is 2.84. The number of nitrogens with zero attached hydrogens (tertiary/aromatic N) is 4. The van der Waals surface area contributed by atoms with Gasteiger partial charge in [0.25, 0.3) is 11.8 Å². The van der Waals surface area contributed by atoms with Crippen molar-refractivity contribution in [1.82, 2.24) is 30.4 Å². The molecule has 192 valence electrons. The first-order chi connectivity index (χ1) is 16.9. The highest BCUT2D eigenvalue weighted by Gasteiger charge is 2.39. The molecular formula is C21H18F6N6O3. The maximum Gasteiger partial charge on any atom is 0.435 e. The summed E-state index contributed by atoms with van der Waals surface area (Å²) in [6.07, 6.45) is -6.00. The lowest BCUT2D eigenvalue weighted by molar-refractivity contribution is -0.154. The van der Waals surface area contributed by atoms with Crippen LogP contribution < -0.4 is 15.4 Å². The van der Waals surface area contributed by atoms with E-state index in [0.29, 0.717) is 5.69 Å². The lowest BCUT2D eigenvalue weighted by Crippen LogP contribution is -2.35. The molecule has 36 heavy (non-hydrogen) atoms. The molecule has 3 aromatic heterocycles. The molecule has 0 aromatic carbocycles. The van der Waals surface area contributed by atoms with Gasteiger partial charge in [-0.3, -0.25) is 19.3 Å². The van der Waals surface area contributed by atoms with E-state index in [1.807, 2.05) is 0 Å². The summed E-state index contributed by atoms with van der Waals surface area (Å²) in [5.41, 5.74) is -1.61. The largest absolute Gasteiger partial charge is 0.468 e. The third-order valence-electron chi connectivity index (χ3n) is 4.40. The summed E-state index contributed by atoms with van der Waals surface area (Å²) in [6, 6.07) is 7.15. The fourth-order valence-corrected chi connectivity index (χ4v) is 2.84. The lowest BCUT2D eigenvalue weighted by Gasteiger charge is -2.09. The summed E-state index contributed by atoms with van der Waals surface area (Å²) in [5.74, 6) is -2.05. The van der Waals surface area contributed by atoms with Crippen molar-refractivity contribution >= 4 is 11.8 Å². The summed E-state index contributed by atoms with van der Waals surface area (Å²) in [4.78, 5) is 32.1. The Morgan fingerprint density at radius 1 is 0.944 bits per heavy atom. The van der Waals surface area contributed by atoms with E-state index < -0.39 is 42.0 Å². The standard InChI is InChI=1S/C21H18F6N6O3/c22-20(23,24)12-36-16-5-4-13(9-31-16)18(34)29-7-8-30-19(35)15-11-33(32-17(15)21(25,26)27)10-14-3-1-2-6-28-14/h1-6,9,11H,7-8,10,12H2,(H,29,34)(H,30,35). The minimum atomic E-state index is -4.88. The molecule has 3 aromatic rings. The molecule has 3 heterocycles. The highest BCUT2D eigenvalue weighted by Crippen LogP contribution is 2.30. The number of pyridine rings is 2. The Hall–Kier alpha value is -4.17. The number of carbonyl (C=O) groups excluding carboxylic acids is 2. The van der Waals surface area contributed by atoms with Crippen molar-refractivity contribution in [3.8, 4) is 5.88 Å². The van der Waals surface area contributed by atoms with Gasteiger partial charge in [0, 0.05) is 37.7 Å². The maximum atomic E-state index is 13.4. The van der Waals surface area contributed by atoms with Gasteiger partial charge in [-0.05, 0) is 18.2 Å². The molecule has 2 amide bonds. The van der Waals surface area contributed by atoms with Crippen LogP contribution in [0.4, 0.5) is 26.3 Å². The van der Waals surface area contributed by atoms with Gasteiger partial charge in [0.05, 0.1) is 23.4 Å². The second kappa shape index (κ2) is 11.0. The molecular weight excluding hydrogens is 498 g/mol. The van der Waals surface area contributed by atoms with Crippen LogP contribution in [-0.4, -0.2) is 57.4 Å². The van der Waals surface area contributed by atoms with E-state index in [1.54, 1.807) is 18.2 Å². The summed E-state index contributed by atoms with van der Waals surface area (Å²) in [7, 11) is 0. The Labute approximate surface area is 199 Å². The number of aromatic nitrogens is 4. The fraction of sp³-hybridized carbons (Fsp3) is 0.286. The van der Waals surface area contributed by atoms with Crippen LogP contribution in [0.2, 0.25) is 0 Å². The van der Waals surface area contributed by atoms with Gasteiger partial charge in [-0.1, -0.05) is 6.07 Å². The number of carbonyl (C=O) groups is 2. The van der Waals surface area contributed by atoms with Crippen LogP contribution in [0.15, 0.2) is 48.9 Å². The predicted molar refractivity (Wildman–Crippen MR) is 111 cm³/mol. The third-order valence-corrected chi connectivity index (χ3v) is 4.40. The molecule has 0 saturated heterocycles. The van der Waals surface area contributed by atoms with Crippen molar-refractivity contribution in [3.63, 3.8) is 0 Å². The average molecular weight is 516 g/mol. The normalized spacial score (nSPS) is 11.7. The minimum Gasteiger partial charge on any atom is -0.468 e. The van der Waals surface area contributed by atoms with Gasteiger partial charge in [0.2, 0.25) is 5.88 Å². The minimum absolute atomic E-state index is 0.00385. The molecule has 0 saturated carbocycles. The number of hydrogen-bond acceptors (Lipinski definition) is 6. The van der Waals surface area contributed by atoms with Crippen molar-refractivity contribution in [2.75, 3.05) is 19.7 Å².